The molecule has 0 aliphatic heterocycles. The minimum absolute atomic E-state index is 0.285. The van der Waals surface area contributed by atoms with Crippen molar-refractivity contribution in [3.63, 3.8) is 0 Å². The molecule has 1 amide bonds. The fourth-order valence-electron chi connectivity index (χ4n) is 1.91. The van der Waals surface area contributed by atoms with Gasteiger partial charge in [0.15, 0.2) is 0 Å². The summed E-state index contributed by atoms with van der Waals surface area (Å²) < 4.78 is 0. The molecule has 0 aromatic carbocycles. The predicted octanol–water partition coefficient (Wildman–Crippen LogP) is 0.360. The minimum Gasteiger partial charge on any atom is -0.368 e. The molecule has 1 atom stereocenters. The van der Waals surface area contributed by atoms with Gasteiger partial charge in [0.05, 0.1) is 5.54 Å². The summed E-state index contributed by atoms with van der Waals surface area (Å²) in [4.78, 5) is 16.1. The smallest absolute Gasteiger partial charge is 0.237 e. The summed E-state index contributed by atoms with van der Waals surface area (Å²) in [6.07, 6.45) is 0.735. The summed E-state index contributed by atoms with van der Waals surface area (Å²) in [6, 6.07) is 0. The fraction of sp³-hybridized carbons (Fsp3) is 0.929. The highest BCUT2D eigenvalue weighted by Crippen LogP contribution is 2.10. The van der Waals surface area contributed by atoms with Crippen molar-refractivity contribution in [1.29, 1.82) is 0 Å². The van der Waals surface area contributed by atoms with Gasteiger partial charge in [0, 0.05) is 26.2 Å². The molecule has 0 heterocycles. The number of rotatable bonds is 10. The van der Waals surface area contributed by atoms with Gasteiger partial charge in [-0.05, 0) is 40.4 Å². The van der Waals surface area contributed by atoms with Crippen molar-refractivity contribution in [1.82, 2.24) is 15.1 Å². The molecule has 5 heteroatoms. The number of nitrogens with zero attached hydrogens (tertiary/aromatic N) is 2. The SMILES string of the molecule is CNC(C)(CCN(CCN(C)C)CC(C)C)C(N)=O. The van der Waals surface area contributed by atoms with Gasteiger partial charge in [-0.1, -0.05) is 13.8 Å². The number of hydrogen-bond donors (Lipinski definition) is 2. The Balaban J connectivity index is 4.42. The standard InChI is InChI=1S/C14H32N4O/c1-12(2)11-18(10-9-17(5)6)8-7-14(3,16-4)13(15)19/h12,16H,7-11H2,1-6H3,(H2,15,19). The number of hydrogen-bond acceptors (Lipinski definition) is 4. The Kier molecular flexibility index (Phi) is 8.22. The topological polar surface area (TPSA) is 61.6 Å². The number of carbonyl (C=O) groups is 1. The van der Waals surface area contributed by atoms with E-state index in [1.807, 2.05) is 6.92 Å². The van der Waals surface area contributed by atoms with E-state index >= 15 is 0 Å². The lowest BCUT2D eigenvalue weighted by molar-refractivity contribution is -0.124. The van der Waals surface area contributed by atoms with E-state index < -0.39 is 5.54 Å². The maximum atomic E-state index is 11.5. The van der Waals surface area contributed by atoms with Crippen molar-refractivity contribution in [3.05, 3.63) is 0 Å². The maximum Gasteiger partial charge on any atom is 0.237 e. The fourth-order valence-corrected chi connectivity index (χ4v) is 1.91. The molecule has 5 nitrogen and oxygen atoms in total. The van der Waals surface area contributed by atoms with Crippen LogP contribution in [0.15, 0.2) is 0 Å². The zero-order valence-electron chi connectivity index (χ0n) is 13.5. The zero-order valence-corrected chi connectivity index (χ0v) is 13.5. The number of primary amides is 1. The first kappa shape index (κ1) is 18.4. The molecule has 19 heavy (non-hydrogen) atoms. The van der Waals surface area contributed by atoms with E-state index in [2.05, 4.69) is 43.1 Å². The molecular formula is C14H32N4O. The second kappa shape index (κ2) is 8.51. The van der Waals surface area contributed by atoms with E-state index in [1.165, 1.54) is 0 Å². The van der Waals surface area contributed by atoms with Crippen molar-refractivity contribution in [2.24, 2.45) is 11.7 Å². The molecule has 0 fully saturated rings. The number of likely N-dealkylation sites (N-methyl/N-ethyl adjacent to an activating group) is 2. The average molecular weight is 272 g/mol. The van der Waals surface area contributed by atoms with Gasteiger partial charge in [-0.15, -0.1) is 0 Å². The van der Waals surface area contributed by atoms with Gasteiger partial charge in [-0.25, -0.2) is 0 Å². The quantitative estimate of drug-likeness (QED) is 0.603. The predicted molar refractivity (Wildman–Crippen MR) is 81.1 cm³/mol. The summed E-state index contributed by atoms with van der Waals surface area (Å²) in [5.74, 6) is 0.337. The van der Waals surface area contributed by atoms with Crippen LogP contribution in [0, 0.1) is 5.92 Å². The molecule has 0 radical (unpaired) electrons. The molecule has 0 saturated heterocycles. The molecule has 1 unspecified atom stereocenters. The minimum atomic E-state index is -0.618. The van der Waals surface area contributed by atoms with Crippen LogP contribution in [-0.2, 0) is 4.79 Å². The van der Waals surface area contributed by atoms with Crippen LogP contribution in [0.25, 0.3) is 0 Å². The summed E-state index contributed by atoms with van der Waals surface area (Å²) in [5.41, 5.74) is 4.85. The summed E-state index contributed by atoms with van der Waals surface area (Å²) in [6.45, 7) is 10.3. The van der Waals surface area contributed by atoms with Gasteiger partial charge in [-0.2, -0.15) is 0 Å². The van der Waals surface area contributed by atoms with Gasteiger partial charge in [0.1, 0.15) is 0 Å². The first-order chi connectivity index (χ1) is 8.71. The van der Waals surface area contributed by atoms with Crippen LogP contribution >= 0.6 is 0 Å². The third-order valence-electron chi connectivity index (χ3n) is 3.51. The molecule has 0 aliphatic rings. The average Bonchev–Trinajstić information content (AvgIpc) is 2.31. The Morgan fingerprint density at radius 1 is 1.26 bits per heavy atom. The van der Waals surface area contributed by atoms with Crippen LogP contribution < -0.4 is 11.1 Å². The normalized spacial score (nSPS) is 15.2. The molecular weight excluding hydrogens is 240 g/mol. The summed E-state index contributed by atoms with van der Waals surface area (Å²) in [5, 5.41) is 3.04. The van der Waals surface area contributed by atoms with Crippen molar-refractivity contribution < 1.29 is 4.79 Å². The highest BCUT2D eigenvalue weighted by atomic mass is 16.1. The third-order valence-corrected chi connectivity index (χ3v) is 3.51. The summed E-state index contributed by atoms with van der Waals surface area (Å²) >= 11 is 0. The molecule has 0 bridgehead atoms. The Hall–Kier alpha value is -0.650. The van der Waals surface area contributed by atoms with Crippen LogP contribution in [0.1, 0.15) is 27.2 Å². The highest BCUT2D eigenvalue weighted by Gasteiger charge is 2.29. The van der Waals surface area contributed by atoms with Crippen LogP contribution in [0.4, 0.5) is 0 Å². The van der Waals surface area contributed by atoms with Crippen LogP contribution in [0.2, 0.25) is 0 Å². The Morgan fingerprint density at radius 2 is 1.84 bits per heavy atom. The molecule has 0 rings (SSSR count). The number of nitrogens with two attached hydrogens (primary N) is 1. The van der Waals surface area contributed by atoms with Crippen molar-refractivity contribution in [2.45, 2.75) is 32.7 Å². The number of carbonyl (C=O) groups excluding carboxylic acids is 1. The molecule has 0 aliphatic carbocycles. The summed E-state index contributed by atoms with van der Waals surface area (Å²) in [7, 11) is 5.95. The van der Waals surface area contributed by atoms with Crippen molar-refractivity contribution in [3.8, 4) is 0 Å². The van der Waals surface area contributed by atoms with E-state index in [4.69, 9.17) is 5.73 Å². The largest absolute Gasteiger partial charge is 0.368 e. The lowest BCUT2D eigenvalue weighted by Crippen LogP contribution is -2.53. The first-order valence-electron chi connectivity index (χ1n) is 7.07. The number of nitrogens with one attached hydrogen (secondary N) is 1. The molecule has 0 aromatic rings. The van der Waals surface area contributed by atoms with E-state index in [0.717, 1.165) is 32.6 Å². The molecule has 0 saturated carbocycles. The Bertz CT molecular complexity index is 268. The number of amides is 1. The van der Waals surface area contributed by atoms with E-state index in [0.29, 0.717) is 5.92 Å². The monoisotopic (exact) mass is 272 g/mol. The van der Waals surface area contributed by atoms with E-state index in [1.54, 1.807) is 7.05 Å². The Morgan fingerprint density at radius 3 is 2.21 bits per heavy atom. The van der Waals surface area contributed by atoms with Gasteiger partial charge < -0.3 is 20.9 Å². The molecule has 114 valence electrons. The Labute approximate surface area is 118 Å². The third kappa shape index (κ3) is 7.50. The van der Waals surface area contributed by atoms with E-state index in [-0.39, 0.29) is 5.91 Å². The van der Waals surface area contributed by atoms with Crippen molar-refractivity contribution in [2.75, 3.05) is 47.3 Å². The van der Waals surface area contributed by atoms with Crippen LogP contribution in [0.5, 0.6) is 0 Å². The van der Waals surface area contributed by atoms with Gasteiger partial charge in [-0.3, -0.25) is 4.79 Å². The maximum absolute atomic E-state index is 11.5. The zero-order chi connectivity index (χ0) is 15.1. The van der Waals surface area contributed by atoms with Gasteiger partial charge in [0.2, 0.25) is 5.91 Å². The van der Waals surface area contributed by atoms with Gasteiger partial charge in [0.25, 0.3) is 0 Å². The molecule has 0 spiro atoms. The van der Waals surface area contributed by atoms with Crippen LogP contribution in [0.3, 0.4) is 0 Å². The molecule has 0 aromatic heterocycles. The van der Waals surface area contributed by atoms with E-state index in [9.17, 15) is 4.79 Å². The van der Waals surface area contributed by atoms with Crippen LogP contribution in [-0.4, -0.2) is 68.6 Å². The highest BCUT2D eigenvalue weighted by molar-refractivity contribution is 5.84. The molecule has 3 N–H and O–H groups in total. The lowest BCUT2D eigenvalue weighted by Gasteiger charge is -2.31. The van der Waals surface area contributed by atoms with Crippen molar-refractivity contribution >= 4 is 5.91 Å². The first-order valence-corrected chi connectivity index (χ1v) is 7.07. The second-order valence-electron chi connectivity index (χ2n) is 6.19. The lowest BCUT2D eigenvalue weighted by atomic mass is 9.96. The van der Waals surface area contributed by atoms with Gasteiger partial charge >= 0.3 is 0 Å². The second-order valence-corrected chi connectivity index (χ2v) is 6.19.